The van der Waals surface area contributed by atoms with E-state index in [1.807, 2.05) is 40.6 Å². The van der Waals surface area contributed by atoms with Crippen molar-refractivity contribution in [3.8, 4) is 15.9 Å². The summed E-state index contributed by atoms with van der Waals surface area (Å²) in [6, 6.07) is 42.5. The normalized spacial score (nSPS) is 16.2. The Balaban J connectivity index is 1.09. The van der Waals surface area contributed by atoms with Gasteiger partial charge in [0.25, 0.3) is 0 Å². The van der Waals surface area contributed by atoms with Crippen LogP contribution in [0.5, 0.6) is 11.5 Å². The topological polar surface area (TPSA) is 27.7 Å². The molecule has 0 spiro atoms. The van der Waals surface area contributed by atoms with Gasteiger partial charge in [-0.25, -0.2) is 0 Å². The average Bonchev–Trinajstić information content (AvgIpc) is 4.24. The summed E-state index contributed by atoms with van der Waals surface area (Å²) in [5.74, 6) is 2.86. The zero-order valence-electron chi connectivity index (χ0n) is 40.5. The van der Waals surface area contributed by atoms with Crippen LogP contribution in [-0.2, 0) is 41.9 Å². The van der Waals surface area contributed by atoms with Crippen LogP contribution in [0, 0.1) is 16.2 Å². The number of hydrogen-bond donors (Lipinski definition) is 0. The Morgan fingerprint density at radius 2 is 1.20 bits per heavy atom. The molecule has 4 aromatic carbocycles. The minimum atomic E-state index is -2.42. The van der Waals surface area contributed by atoms with E-state index in [1.165, 1.54) is 90.9 Å². The molecule has 0 radical (unpaired) electrons. The van der Waals surface area contributed by atoms with Crippen molar-refractivity contribution in [2.75, 3.05) is 26.4 Å². The van der Waals surface area contributed by atoms with Crippen molar-refractivity contribution in [2.45, 2.75) is 60.8 Å². The third-order valence-corrected chi connectivity index (χ3v) is 20.5. The Labute approximate surface area is 428 Å². The van der Waals surface area contributed by atoms with E-state index in [0.29, 0.717) is 38.3 Å². The molecule has 2 aromatic heterocycles. The van der Waals surface area contributed by atoms with Gasteiger partial charge in [0.15, 0.2) is 0 Å². The fourth-order valence-electron chi connectivity index (χ4n) is 9.56. The van der Waals surface area contributed by atoms with Gasteiger partial charge in [-0.1, -0.05) is 33.8 Å². The molecule has 1 aliphatic heterocycles. The summed E-state index contributed by atoms with van der Waals surface area (Å²) in [4.78, 5) is 5.20. The van der Waals surface area contributed by atoms with Crippen LogP contribution < -0.4 is 25.4 Å². The Bertz CT molecular complexity index is 2980. The summed E-state index contributed by atoms with van der Waals surface area (Å²) in [6.45, 7) is 15.7. The van der Waals surface area contributed by atoms with Crippen LogP contribution in [0.15, 0.2) is 168 Å². The first-order valence-electron chi connectivity index (χ1n) is 24.2. The summed E-state index contributed by atoms with van der Waals surface area (Å²) in [5, 5.41) is 5.15. The van der Waals surface area contributed by atoms with Gasteiger partial charge in [0.1, 0.15) is 11.5 Å². The minimum absolute atomic E-state index is 0.404. The molecule has 0 saturated carbocycles. The van der Waals surface area contributed by atoms with Gasteiger partial charge in [-0.15, -0.1) is 11.3 Å². The molecule has 9 rings (SSSR count). The third kappa shape index (κ3) is 10.4. The quantitative estimate of drug-likeness (QED) is 0.0673. The van der Waals surface area contributed by atoms with Crippen LogP contribution in [0.1, 0.15) is 83.3 Å². The van der Waals surface area contributed by atoms with Crippen LogP contribution in [0.25, 0.3) is 29.4 Å². The van der Waals surface area contributed by atoms with Crippen LogP contribution in [0.2, 0.25) is 0 Å². The SMILES string of the molecule is CC=C1COCC1=CC(/C=C/Cc1ccc(C2=Cc3c(c(OCC(C)C)c4c(c3OCC(C)C)CC(c3ccc(/C=C/C)s3)=C4)C2)s1)=C([C]#[Os])[P+](c1ccccc1)(c1ccccc1)c1ccccc1. The number of rotatable bonds is 17. The number of hydrogen-bond acceptors (Lipinski definition) is 5. The molecule has 3 nitrogen and oxygen atoms in total. The second kappa shape index (κ2) is 22.3. The number of allylic oxidation sites excluding steroid dienone is 9. The number of thiophene rings is 2. The van der Waals surface area contributed by atoms with Gasteiger partial charge in [-0.05, 0) is 48.6 Å². The summed E-state index contributed by atoms with van der Waals surface area (Å²) < 4.78 is 23.7. The predicted octanol–water partition coefficient (Wildman–Crippen LogP) is 14.9. The molecule has 351 valence electrons. The number of benzene rings is 4. The Hall–Kier alpha value is -5.13. The van der Waals surface area contributed by atoms with Crippen LogP contribution in [-0.4, -0.2) is 26.4 Å². The molecular weight excluding hydrogens is 1080 g/mol. The fourth-order valence-corrected chi connectivity index (χ4v) is 17.4. The molecule has 0 N–H and O–H groups in total. The van der Waals surface area contributed by atoms with Crippen molar-refractivity contribution in [1.29, 1.82) is 0 Å². The first-order valence-corrected chi connectivity index (χ1v) is 28.9. The zero-order valence-corrected chi connectivity index (χ0v) is 45.6. The molecule has 0 amide bonds. The maximum atomic E-state index is 6.86. The Morgan fingerprint density at radius 3 is 1.71 bits per heavy atom. The summed E-state index contributed by atoms with van der Waals surface area (Å²) in [7, 11) is -2.42. The van der Waals surface area contributed by atoms with Gasteiger partial charge >= 0.3 is 277 Å². The number of fused-ring (bicyclic) bond motifs is 2. The van der Waals surface area contributed by atoms with Crippen LogP contribution >= 0.6 is 29.9 Å². The Kier molecular flexibility index (Phi) is 15.8. The fraction of sp³-hybridized carbons (Fsp3) is 0.242. The van der Waals surface area contributed by atoms with Gasteiger partial charge in [0.05, 0.1) is 13.2 Å². The van der Waals surface area contributed by atoms with Gasteiger partial charge in [0.2, 0.25) is 0 Å². The molecule has 1 fully saturated rings. The molecule has 0 bridgehead atoms. The van der Waals surface area contributed by atoms with Crippen molar-refractivity contribution < 1.29 is 32.2 Å². The standard InChI is InChI=1S/C62H61O3PS2.Os/c1-8-20-53-29-31-59(67-53)47-34-55-56(35-47)62(65-39-43(5)6)58-37-48(36-57(58)61(55)64-38-42(3)4)60-32-30-54(68-60)28-19-21-46(33-49-41-63-40-45(49)9-2)44(7)66(50-22-13-10-14-23-50,51-24-15-11-16-25-51)52-26-17-12-18-27-52;/h8-27,29-34,37,42-43H,28,35-36,38-41H2,1-6H3;/q+1;/b20-8+,21-19+,45-9?,46-44?,49-33?;. The average molecular weight is 1140 g/mol. The van der Waals surface area contributed by atoms with Crippen molar-refractivity contribution in [1.82, 2.24) is 0 Å². The summed E-state index contributed by atoms with van der Waals surface area (Å²) in [6.07, 6.45) is 20.8. The molecule has 0 unspecified atom stereocenters. The van der Waals surface area contributed by atoms with Gasteiger partial charge in [0, 0.05) is 27.3 Å². The predicted molar refractivity (Wildman–Crippen MR) is 295 cm³/mol. The van der Waals surface area contributed by atoms with E-state index in [1.54, 1.807) is 0 Å². The molecule has 3 aliphatic rings. The molecule has 2 aliphatic carbocycles. The van der Waals surface area contributed by atoms with Gasteiger partial charge in [-0.2, -0.15) is 0 Å². The van der Waals surface area contributed by atoms with Crippen molar-refractivity contribution in [3.05, 3.63) is 209 Å². The first-order chi connectivity index (χ1) is 33.7. The van der Waals surface area contributed by atoms with E-state index in [2.05, 4.69) is 210 Å². The number of ether oxygens (including phenoxy) is 3. The van der Waals surface area contributed by atoms with E-state index in [9.17, 15) is 0 Å². The Morgan fingerprint density at radius 1 is 0.681 bits per heavy atom. The molecule has 69 heavy (non-hydrogen) atoms. The van der Waals surface area contributed by atoms with Crippen molar-refractivity contribution in [2.24, 2.45) is 11.8 Å². The first kappa shape index (κ1) is 48.9. The zero-order chi connectivity index (χ0) is 47.9. The van der Waals surface area contributed by atoms with E-state index in [0.717, 1.165) is 30.8 Å². The molecule has 1 saturated heterocycles. The van der Waals surface area contributed by atoms with Crippen molar-refractivity contribution in [3.63, 3.8) is 0 Å². The van der Waals surface area contributed by atoms with E-state index >= 15 is 0 Å². The third-order valence-electron chi connectivity index (χ3n) is 12.8. The molecule has 6 aromatic rings. The van der Waals surface area contributed by atoms with E-state index < -0.39 is 7.26 Å². The molecular formula is C62H61O3OsPS2+. The van der Waals surface area contributed by atoms with Crippen molar-refractivity contribution >= 4 is 75.2 Å². The van der Waals surface area contributed by atoms with E-state index in [-0.39, 0.29) is 0 Å². The second-order valence-corrected chi connectivity index (χ2v) is 24.9. The van der Waals surface area contributed by atoms with Gasteiger partial charge < -0.3 is 9.47 Å². The van der Waals surface area contributed by atoms with Gasteiger partial charge in [-0.3, -0.25) is 0 Å². The molecule has 0 atom stereocenters. The monoisotopic (exact) mass is 1140 g/mol. The maximum absolute atomic E-state index is 6.86. The second-order valence-electron chi connectivity index (χ2n) is 18.7. The summed E-state index contributed by atoms with van der Waals surface area (Å²) in [5.41, 5.74) is 11.2. The van der Waals surface area contributed by atoms with E-state index in [4.69, 9.17) is 14.2 Å². The van der Waals surface area contributed by atoms with Crippen LogP contribution in [0.4, 0.5) is 0 Å². The molecule has 3 heterocycles. The summed E-state index contributed by atoms with van der Waals surface area (Å²) >= 11 is 5.58. The molecule has 7 heteroatoms. The van der Waals surface area contributed by atoms with Crippen LogP contribution in [0.3, 0.4) is 0 Å².